The van der Waals surface area contributed by atoms with Crippen molar-refractivity contribution in [3.8, 4) is 0 Å². The van der Waals surface area contributed by atoms with Crippen LogP contribution in [0.3, 0.4) is 0 Å². The molecule has 0 spiro atoms. The maximum atomic E-state index is 6.32. The lowest BCUT2D eigenvalue weighted by Gasteiger charge is -2.36. The first-order valence-corrected chi connectivity index (χ1v) is 7.87. The monoisotopic (exact) mass is 267 g/mol. The summed E-state index contributed by atoms with van der Waals surface area (Å²) in [5.41, 5.74) is 7.57. The lowest BCUT2D eigenvalue weighted by Crippen LogP contribution is -2.43. The van der Waals surface area contributed by atoms with Gasteiger partial charge in [0.15, 0.2) is 0 Å². The molecule has 0 saturated carbocycles. The van der Waals surface area contributed by atoms with Crippen molar-refractivity contribution in [2.45, 2.75) is 38.4 Å². The largest absolute Gasteiger partial charge is 0.326 e. The van der Waals surface area contributed by atoms with Gasteiger partial charge in [0.1, 0.15) is 0 Å². The molecule has 102 valence electrons. The van der Waals surface area contributed by atoms with Gasteiger partial charge in [-0.25, -0.2) is 0 Å². The second-order valence-corrected chi connectivity index (χ2v) is 5.68. The van der Waals surface area contributed by atoms with Crippen LogP contribution in [-0.4, -0.2) is 41.0 Å². The predicted octanol–water partition coefficient (Wildman–Crippen LogP) is 2.54. The molecule has 3 unspecified atom stereocenters. The molecule has 0 bridgehead atoms. The summed E-state index contributed by atoms with van der Waals surface area (Å²) in [6, 6.07) is 5.07. The van der Waals surface area contributed by atoms with Gasteiger partial charge < -0.3 is 5.73 Å². The molecule has 0 fully saturated rings. The van der Waals surface area contributed by atoms with E-state index in [4.69, 9.17) is 5.73 Å². The van der Waals surface area contributed by atoms with Crippen molar-refractivity contribution in [1.82, 2.24) is 9.88 Å². The van der Waals surface area contributed by atoms with Crippen molar-refractivity contribution in [2.24, 2.45) is 5.73 Å². The van der Waals surface area contributed by atoms with Crippen LogP contribution in [0.2, 0.25) is 0 Å². The molecule has 0 saturated heterocycles. The Bertz CT molecular complexity index is 331. The van der Waals surface area contributed by atoms with Crippen LogP contribution in [0.5, 0.6) is 0 Å². The van der Waals surface area contributed by atoms with Crippen LogP contribution in [0.4, 0.5) is 0 Å². The summed E-state index contributed by atoms with van der Waals surface area (Å²) >= 11 is 1.88. The molecule has 0 aliphatic carbocycles. The molecule has 1 aromatic rings. The Morgan fingerprint density at radius 3 is 2.50 bits per heavy atom. The Hall–Kier alpha value is -0.580. The van der Waals surface area contributed by atoms with Crippen LogP contribution in [0.1, 0.15) is 31.9 Å². The average Bonchev–Trinajstić information content (AvgIpc) is 2.40. The summed E-state index contributed by atoms with van der Waals surface area (Å²) < 4.78 is 0. The number of rotatable bonds is 7. The fraction of sp³-hybridized carbons (Fsp3) is 0.643. The minimum absolute atomic E-state index is 0.154. The van der Waals surface area contributed by atoms with Crippen LogP contribution in [0, 0.1) is 0 Å². The van der Waals surface area contributed by atoms with E-state index in [2.05, 4.69) is 49.2 Å². The highest BCUT2D eigenvalue weighted by molar-refractivity contribution is 7.98. The first kappa shape index (κ1) is 15.5. The van der Waals surface area contributed by atoms with Crippen molar-refractivity contribution < 1.29 is 0 Å². The summed E-state index contributed by atoms with van der Waals surface area (Å²) in [5.74, 6) is 1.12. The van der Waals surface area contributed by atoms with Crippen molar-refractivity contribution in [3.63, 3.8) is 0 Å². The van der Waals surface area contributed by atoms with Gasteiger partial charge in [0, 0.05) is 36.3 Å². The summed E-state index contributed by atoms with van der Waals surface area (Å²) in [6.45, 7) is 4.40. The van der Waals surface area contributed by atoms with E-state index in [9.17, 15) is 0 Å². The molecule has 3 atom stereocenters. The summed E-state index contributed by atoms with van der Waals surface area (Å²) in [6.07, 6.45) is 6.81. The van der Waals surface area contributed by atoms with Gasteiger partial charge in [-0.1, -0.05) is 6.92 Å². The van der Waals surface area contributed by atoms with E-state index in [1.165, 1.54) is 5.56 Å². The van der Waals surface area contributed by atoms with E-state index in [-0.39, 0.29) is 12.1 Å². The number of nitrogens with zero attached hydrogens (tertiary/aromatic N) is 2. The molecule has 0 radical (unpaired) electrons. The summed E-state index contributed by atoms with van der Waals surface area (Å²) in [7, 11) is 2.17. The maximum absolute atomic E-state index is 6.32. The van der Waals surface area contributed by atoms with Crippen molar-refractivity contribution in [3.05, 3.63) is 30.1 Å². The van der Waals surface area contributed by atoms with E-state index in [1.54, 1.807) is 0 Å². The van der Waals surface area contributed by atoms with Gasteiger partial charge in [-0.05, 0) is 44.3 Å². The molecule has 1 heterocycles. The standard InChI is InChI=1S/C14H25N3S/c1-5-13(15)14(12-6-8-16-9-7-12)17(3)11(2)10-18-4/h6-9,11,13-14H,5,10,15H2,1-4H3. The van der Waals surface area contributed by atoms with Gasteiger partial charge in [-0.15, -0.1) is 0 Å². The minimum Gasteiger partial charge on any atom is -0.326 e. The molecular formula is C14H25N3S. The Labute approximate surface area is 115 Å². The third-order valence-electron chi connectivity index (χ3n) is 3.47. The van der Waals surface area contributed by atoms with Crippen molar-refractivity contribution >= 4 is 11.8 Å². The van der Waals surface area contributed by atoms with Crippen LogP contribution in [-0.2, 0) is 0 Å². The smallest absolute Gasteiger partial charge is 0.0500 e. The Morgan fingerprint density at radius 1 is 1.39 bits per heavy atom. The fourth-order valence-electron chi connectivity index (χ4n) is 2.20. The number of nitrogens with two attached hydrogens (primary N) is 1. The molecule has 4 heteroatoms. The number of thioether (sulfide) groups is 1. The van der Waals surface area contributed by atoms with Crippen LogP contribution in [0.25, 0.3) is 0 Å². The van der Waals surface area contributed by atoms with Crippen LogP contribution >= 0.6 is 11.8 Å². The first-order valence-electron chi connectivity index (χ1n) is 6.48. The van der Waals surface area contributed by atoms with Gasteiger partial charge in [-0.2, -0.15) is 11.8 Å². The SMILES string of the molecule is CCC(N)C(c1ccncc1)N(C)C(C)CSC. The van der Waals surface area contributed by atoms with E-state index in [1.807, 2.05) is 24.2 Å². The zero-order valence-corrected chi connectivity index (χ0v) is 12.7. The maximum Gasteiger partial charge on any atom is 0.0500 e. The number of aromatic nitrogens is 1. The van der Waals surface area contributed by atoms with E-state index in [0.717, 1.165) is 12.2 Å². The molecular weight excluding hydrogens is 242 g/mol. The number of likely N-dealkylation sites (N-methyl/N-ethyl adjacent to an activating group) is 1. The fourth-order valence-corrected chi connectivity index (χ4v) is 2.92. The van der Waals surface area contributed by atoms with Gasteiger partial charge in [-0.3, -0.25) is 9.88 Å². The van der Waals surface area contributed by atoms with Crippen molar-refractivity contribution in [2.75, 3.05) is 19.1 Å². The summed E-state index contributed by atoms with van der Waals surface area (Å²) in [4.78, 5) is 6.48. The first-order chi connectivity index (χ1) is 8.61. The lowest BCUT2D eigenvalue weighted by atomic mass is 9.96. The van der Waals surface area contributed by atoms with Crippen LogP contribution in [0.15, 0.2) is 24.5 Å². The topological polar surface area (TPSA) is 42.1 Å². The van der Waals surface area contributed by atoms with Gasteiger partial charge in [0.25, 0.3) is 0 Å². The summed E-state index contributed by atoms with van der Waals surface area (Å²) in [5, 5.41) is 0. The number of hydrogen-bond acceptors (Lipinski definition) is 4. The van der Waals surface area contributed by atoms with E-state index < -0.39 is 0 Å². The molecule has 0 amide bonds. The zero-order valence-electron chi connectivity index (χ0n) is 11.8. The highest BCUT2D eigenvalue weighted by Gasteiger charge is 2.25. The molecule has 1 aromatic heterocycles. The van der Waals surface area contributed by atoms with Gasteiger partial charge in [0.05, 0.1) is 0 Å². The molecule has 3 nitrogen and oxygen atoms in total. The van der Waals surface area contributed by atoms with Crippen molar-refractivity contribution in [1.29, 1.82) is 0 Å². The third-order valence-corrected chi connectivity index (χ3v) is 4.28. The van der Waals surface area contributed by atoms with E-state index in [0.29, 0.717) is 6.04 Å². The molecule has 0 aliphatic heterocycles. The molecule has 1 rings (SSSR count). The normalized spacial score (nSPS) is 16.6. The zero-order chi connectivity index (χ0) is 13.5. The van der Waals surface area contributed by atoms with E-state index >= 15 is 0 Å². The highest BCUT2D eigenvalue weighted by Crippen LogP contribution is 2.25. The second kappa shape index (κ2) is 7.77. The molecule has 2 N–H and O–H groups in total. The molecule has 0 aliphatic rings. The predicted molar refractivity (Wildman–Crippen MR) is 80.9 cm³/mol. The minimum atomic E-state index is 0.154. The second-order valence-electron chi connectivity index (χ2n) is 4.77. The van der Waals surface area contributed by atoms with Gasteiger partial charge in [0.2, 0.25) is 0 Å². The quantitative estimate of drug-likeness (QED) is 0.824. The Morgan fingerprint density at radius 2 is 2.00 bits per heavy atom. The molecule has 18 heavy (non-hydrogen) atoms. The number of hydrogen-bond donors (Lipinski definition) is 1. The Kier molecular flexibility index (Phi) is 6.68. The number of pyridine rings is 1. The molecule has 0 aromatic carbocycles. The third kappa shape index (κ3) is 3.97. The lowest BCUT2D eigenvalue weighted by molar-refractivity contribution is 0.171. The van der Waals surface area contributed by atoms with Crippen LogP contribution < -0.4 is 5.73 Å². The Balaban J connectivity index is 2.92. The van der Waals surface area contributed by atoms with Gasteiger partial charge >= 0.3 is 0 Å². The average molecular weight is 267 g/mol. The highest BCUT2D eigenvalue weighted by atomic mass is 32.2.